The van der Waals surface area contributed by atoms with E-state index in [2.05, 4.69) is 5.32 Å². The molecule has 2 rings (SSSR count). The summed E-state index contributed by atoms with van der Waals surface area (Å²) in [5, 5.41) is 5.05. The molecule has 3 N–H and O–H groups in total. The van der Waals surface area contributed by atoms with Crippen molar-refractivity contribution in [3.05, 3.63) is 52.9 Å². The maximum absolute atomic E-state index is 12.4. The Labute approximate surface area is 121 Å². The number of nitrogens with one attached hydrogen (secondary N) is 1. The first-order valence-corrected chi connectivity index (χ1v) is 7.24. The SMILES string of the molecule is CC[C@H](C(=O)Nc1sccc1C(N)=O)c1ccccc1. The fourth-order valence-electron chi connectivity index (χ4n) is 2.06. The van der Waals surface area contributed by atoms with Crippen molar-refractivity contribution < 1.29 is 9.59 Å². The Morgan fingerprint density at radius 2 is 1.95 bits per heavy atom. The standard InChI is InChI=1S/C15H16N2O2S/c1-2-11(10-6-4-3-5-7-10)14(19)17-15-12(13(16)18)8-9-20-15/h3-9,11H,2H2,1H3,(H2,16,18)(H,17,19)/t11-/m0/s1. The average Bonchev–Trinajstić information content (AvgIpc) is 2.89. The highest BCUT2D eigenvalue weighted by Crippen LogP contribution is 2.26. The minimum atomic E-state index is -0.533. The van der Waals surface area contributed by atoms with E-state index in [-0.39, 0.29) is 11.8 Å². The number of hydrogen-bond acceptors (Lipinski definition) is 3. The van der Waals surface area contributed by atoms with Crippen molar-refractivity contribution in [3.8, 4) is 0 Å². The topological polar surface area (TPSA) is 72.2 Å². The van der Waals surface area contributed by atoms with Gasteiger partial charge in [0, 0.05) is 0 Å². The van der Waals surface area contributed by atoms with Crippen LogP contribution in [0, 0.1) is 0 Å². The molecule has 1 atom stereocenters. The minimum absolute atomic E-state index is 0.122. The largest absolute Gasteiger partial charge is 0.366 e. The number of benzene rings is 1. The van der Waals surface area contributed by atoms with Gasteiger partial charge in [0.15, 0.2) is 0 Å². The van der Waals surface area contributed by atoms with Crippen LogP contribution >= 0.6 is 11.3 Å². The molecule has 0 aliphatic rings. The van der Waals surface area contributed by atoms with E-state index in [1.165, 1.54) is 11.3 Å². The zero-order valence-corrected chi connectivity index (χ0v) is 11.9. The van der Waals surface area contributed by atoms with Crippen molar-refractivity contribution in [2.45, 2.75) is 19.3 Å². The lowest BCUT2D eigenvalue weighted by atomic mass is 9.96. The summed E-state index contributed by atoms with van der Waals surface area (Å²) >= 11 is 1.30. The van der Waals surface area contributed by atoms with Crippen LogP contribution in [0.25, 0.3) is 0 Å². The molecule has 0 radical (unpaired) electrons. The predicted molar refractivity (Wildman–Crippen MR) is 80.9 cm³/mol. The van der Waals surface area contributed by atoms with Gasteiger partial charge < -0.3 is 11.1 Å². The zero-order chi connectivity index (χ0) is 14.5. The number of amides is 2. The summed E-state index contributed by atoms with van der Waals surface area (Å²) in [5.41, 5.74) is 6.59. The molecule has 2 amide bonds. The van der Waals surface area contributed by atoms with E-state index in [1.54, 1.807) is 11.4 Å². The summed E-state index contributed by atoms with van der Waals surface area (Å²) in [6.07, 6.45) is 0.688. The molecule has 5 heteroatoms. The van der Waals surface area contributed by atoms with E-state index >= 15 is 0 Å². The van der Waals surface area contributed by atoms with Crippen LogP contribution in [0.4, 0.5) is 5.00 Å². The number of thiophene rings is 1. The van der Waals surface area contributed by atoms with Gasteiger partial charge in [-0.2, -0.15) is 0 Å². The van der Waals surface area contributed by atoms with E-state index in [1.807, 2.05) is 37.3 Å². The first-order chi connectivity index (χ1) is 9.63. The summed E-state index contributed by atoms with van der Waals surface area (Å²) in [4.78, 5) is 23.6. The third-order valence-corrected chi connectivity index (χ3v) is 3.92. The summed E-state index contributed by atoms with van der Waals surface area (Å²) in [6, 6.07) is 11.2. The molecule has 1 aromatic carbocycles. The molecule has 0 saturated carbocycles. The highest BCUT2D eigenvalue weighted by molar-refractivity contribution is 7.14. The molecular formula is C15H16N2O2S. The molecule has 0 saturated heterocycles. The van der Waals surface area contributed by atoms with Gasteiger partial charge in [-0.05, 0) is 23.4 Å². The van der Waals surface area contributed by atoms with Crippen LogP contribution < -0.4 is 11.1 Å². The number of carbonyl (C=O) groups is 2. The van der Waals surface area contributed by atoms with Crippen LogP contribution in [0.2, 0.25) is 0 Å². The van der Waals surface area contributed by atoms with E-state index in [0.29, 0.717) is 17.0 Å². The maximum Gasteiger partial charge on any atom is 0.251 e. The van der Waals surface area contributed by atoms with Gasteiger partial charge in [-0.25, -0.2) is 0 Å². The van der Waals surface area contributed by atoms with Gasteiger partial charge >= 0.3 is 0 Å². The van der Waals surface area contributed by atoms with Crippen molar-refractivity contribution in [2.24, 2.45) is 5.73 Å². The fourth-order valence-corrected chi connectivity index (χ4v) is 2.85. The van der Waals surface area contributed by atoms with Gasteiger partial charge in [0.2, 0.25) is 5.91 Å². The molecule has 0 aliphatic heterocycles. The van der Waals surface area contributed by atoms with Crippen LogP contribution in [-0.4, -0.2) is 11.8 Å². The number of hydrogen-bond donors (Lipinski definition) is 2. The van der Waals surface area contributed by atoms with Crippen LogP contribution in [0.5, 0.6) is 0 Å². The fraction of sp³-hybridized carbons (Fsp3) is 0.200. The van der Waals surface area contributed by atoms with Gasteiger partial charge in [0.25, 0.3) is 5.91 Å². The maximum atomic E-state index is 12.4. The molecule has 0 bridgehead atoms. The Hall–Kier alpha value is -2.14. The van der Waals surface area contributed by atoms with Crippen molar-refractivity contribution in [2.75, 3.05) is 5.32 Å². The third-order valence-electron chi connectivity index (χ3n) is 3.09. The quantitative estimate of drug-likeness (QED) is 0.887. The van der Waals surface area contributed by atoms with Gasteiger partial charge in [0.1, 0.15) is 5.00 Å². The lowest BCUT2D eigenvalue weighted by molar-refractivity contribution is -0.117. The number of anilines is 1. The Balaban J connectivity index is 2.18. The van der Waals surface area contributed by atoms with Crippen molar-refractivity contribution in [3.63, 3.8) is 0 Å². The Bertz CT molecular complexity index is 607. The highest BCUT2D eigenvalue weighted by Gasteiger charge is 2.20. The molecule has 0 aliphatic carbocycles. The lowest BCUT2D eigenvalue weighted by Gasteiger charge is -2.15. The van der Waals surface area contributed by atoms with Crippen molar-refractivity contribution >= 4 is 28.2 Å². The Morgan fingerprint density at radius 1 is 1.25 bits per heavy atom. The van der Waals surface area contributed by atoms with Crippen molar-refractivity contribution in [1.82, 2.24) is 0 Å². The van der Waals surface area contributed by atoms with E-state index in [9.17, 15) is 9.59 Å². The summed E-state index contributed by atoms with van der Waals surface area (Å²) in [7, 11) is 0. The normalized spacial score (nSPS) is 11.8. The highest BCUT2D eigenvalue weighted by atomic mass is 32.1. The molecule has 1 heterocycles. The second-order valence-corrected chi connectivity index (χ2v) is 5.30. The van der Waals surface area contributed by atoms with Gasteiger partial charge in [-0.3, -0.25) is 9.59 Å². The number of nitrogens with two attached hydrogens (primary N) is 1. The molecule has 2 aromatic rings. The number of primary amides is 1. The lowest BCUT2D eigenvalue weighted by Crippen LogP contribution is -2.22. The van der Waals surface area contributed by atoms with Crippen LogP contribution in [0.1, 0.15) is 35.2 Å². The monoisotopic (exact) mass is 288 g/mol. The second kappa shape index (κ2) is 6.34. The van der Waals surface area contributed by atoms with Crippen LogP contribution in [0.3, 0.4) is 0 Å². The molecule has 0 fully saturated rings. The number of carbonyl (C=O) groups excluding carboxylic acids is 2. The summed E-state index contributed by atoms with van der Waals surface area (Å²) in [6.45, 7) is 1.96. The summed E-state index contributed by atoms with van der Waals surface area (Å²) in [5.74, 6) is -0.892. The number of rotatable bonds is 5. The molecule has 0 spiro atoms. The van der Waals surface area contributed by atoms with E-state index in [4.69, 9.17) is 5.73 Å². The second-order valence-electron chi connectivity index (χ2n) is 4.39. The van der Waals surface area contributed by atoms with Gasteiger partial charge in [-0.15, -0.1) is 11.3 Å². The first-order valence-electron chi connectivity index (χ1n) is 6.36. The van der Waals surface area contributed by atoms with E-state index < -0.39 is 5.91 Å². The molecule has 1 aromatic heterocycles. The molecule has 0 unspecified atom stereocenters. The van der Waals surface area contributed by atoms with Crippen LogP contribution in [-0.2, 0) is 4.79 Å². The Morgan fingerprint density at radius 3 is 2.55 bits per heavy atom. The zero-order valence-electron chi connectivity index (χ0n) is 11.1. The van der Waals surface area contributed by atoms with Crippen LogP contribution in [0.15, 0.2) is 41.8 Å². The van der Waals surface area contributed by atoms with Gasteiger partial charge in [0.05, 0.1) is 11.5 Å². The molecule has 20 heavy (non-hydrogen) atoms. The van der Waals surface area contributed by atoms with Crippen molar-refractivity contribution in [1.29, 1.82) is 0 Å². The van der Waals surface area contributed by atoms with E-state index in [0.717, 1.165) is 5.56 Å². The first kappa shape index (κ1) is 14.3. The summed E-state index contributed by atoms with van der Waals surface area (Å²) < 4.78 is 0. The average molecular weight is 288 g/mol. The third kappa shape index (κ3) is 3.05. The molecule has 104 valence electrons. The molecular weight excluding hydrogens is 272 g/mol. The van der Waals surface area contributed by atoms with Gasteiger partial charge in [-0.1, -0.05) is 37.3 Å². The predicted octanol–water partition coefficient (Wildman–Crippen LogP) is 2.98. The Kier molecular flexibility index (Phi) is 4.53. The molecule has 4 nitrogen and oxygen atoms in total. The minimum Gasteiger partial charge on any atom is -0.366 e. The smallest absolute Gasteiger partial charge is 0.251 e.